The molecule has 0 saturated carbocycles. The number of fused-ring (bicyclic) bond motifs is 1. The van der Waals surface area contributed by atoms with E-state index in [1.54, 1.807) is 4.90 Å². The van der Waals surface area contributed by atoms with E-state index in [0.29, 0.717) is 23.9 Å². The van der Waals surface area contributed by atoms with E-state index in [-0.39, 0.29) is 24.1 Å². The van der Waals surface area contributed by atoms with Gasteiger partial charge in [-0.2, -0.15) is 0 Å². The number of imide groups is 1. The normalized spacial score (nSPS) is 23.8. The molecule has 0 aliphatic carbocycles. The zero-order valence-electron chi connectivity index (χ0n) is 15.6. The molecule has 3 aliphatic rings. The van der Waals surface area contributed by atoms with Crippen LogP contribution in [0.3, 0.4) is 0 Å². The highest BCUT2D eigenvalue weighted by molar-refractivity contribution is 6.05. The number of benzene rings is 1. The molecule has 7 nitrogen and oxygen atoms in total. The predicted molar refractivity (Wildman–Crippen MR) is 99.8 cm³/mol. The molecule has 1 aromatic rings. The molecule has 3 aliphatic heterocycles. The lowest BCUT2D eigenvalue weighted by molar-refractivity contribution is -0.136. The zero-order chi connectivity index (χ0) is 19.0. The van der Waals surface area contributed by atoms with E-state index in [1.165, 1.54) is 0 Å². The first-order valence-electron chi connectivity index (χ1n) is 9.63. The quantitative estimate of drug-likeness (QED) is 0.502. The van der Waals surface area contributed by atoms with Crippen LogP contribution in [0.5, 0.6) is 0 Å². The number of nitrogens with zero attached hydrogens (tertiary/aromatic N) is 1. The summed E-state index contributed by atoms with van der Waals surface area (Å²) in [7, 11) is 0. The van der Waals surface area contributed by atoms with E-state index in [0.717, 1.165) is 43.7 Å². The van der Waals surface area contributed by atoms with Gasteiger partial charge in [0.15, 0.2) is 0 Å². The van der Waals surface area contributed by atoms with E-state index < -0.39 is 6.04 Å². The van der Waals surface area contributed by atoms with Crippen LogP contribution in [0.25, 0.3) is 0 Å². The van der Waals surface area contributed by atoms with Crippen molar-refractivity contribution >= 4 is 17.7 Å². The van der Waals surface area contributed by atoms with Crippen molar-refractivity contribution < 1.29 is 14.4 Å². The second-order valence-corrected chi connectivity index (χ2v) is 8.23. The van der Waals surface area contributed by atoms with Gasteiger partial charge in [-0.1, -0.05) is 19.1 Å². The van der Waals surface area contributed by atoms with Gasteiger partial charge in [0.2, 0.25) is 11.8 Å². The first-order chi connectivity index (χ1) is 13.0. The molecule has 2 saturated heterocycles. The number of rotatable bonds is 6. The Morgan fingerprint density at radius 2 is 2.07 bits per heavy atom. The average Bonchev–Trinajstić information content (AvgIpc) is 2.93. The molecule has 1 atom stereocenters. The Hall–Kier alpha value is -2.25. The van der Waals surface area contributed by atoms with Gasteiger partial charge in [-0.15, -0.1) is 0 Å². The topological polar surface area (TPSA) is 90.5 Å². The highest BCUT2D eigenvalue weighted by atomic mass is 16.2. The fourth-order valence-electron chi connectivity index (χ4n) is 4.06. The molecule has 0 spiro atoms. The molecular formula is C20H26N4O3. The predicted octanol–water partition coefficient (Wildman–Crippen LogP) is 0.537. The zero-order valence-corrected chi connectivity index (χ0v) is 15.6. The Morgan fingerprint density at radius 3 is 2.78 bits per heavy atom. The van der Waals surface area contributed by atoms with Crippen molar-refractivity contribution in [1.82, 2.24) is 20.9 Å². The Kier molecular flexibility index (Phi) is 4.74. The summed E-state index contributed by atoms with van der Waals surface area (Å²) >= 11 is 0. The Bertz CT molecular complexity index is 787. The molecule has 1 unspecified atom stereocenters. The van der Waals surface area contributed by atoms with E-state index in [9.17, 15) is 14.4 Å². The first-order valence-corrected chi connectivity index (χ1v) is 9.63. The maximum atomic E-state index is 12.8. The van der Waals surface area contributed by atoms with E-state index in [4.69, 9.17) is 0 Å². The highest BCUT2D eigenvalue weighted by Crippen LogP contribution is 2.28. The minimum absolute atomic E-state index is 0.116. The third-order valence-corrected chi connectivity index (χ3v) is 5.93. The largest absolute Gasteiger partial charge is 0.322 e. The van der Waals surface area contributed by atoms with E-state index in [2.05, 4.69) is 22.9 Å². The second-order valence-electron chi connectivity index (χ2n) is 8.23. The maximum Gasteiger partial charge on any atom is 0.255 e. The molecule has 2 fully saturated rings. The fourth-order valence-corrected chi connectivity index (χ4v) is 4.06. The van der Waals surface area contributed by atoms with Crippen molar-refractivity contribution in [3.63, 3.8) is 0 Å². The second kappa shape index (κ2) is 7.05. The molecule has 144 valence electrons. The van der Waals surface area contributed by atoms with Gasteiger partial charge in [-0.25, -0.2) is 0 Å². The number of carbonyl (C=O) groups excluding carboxylic acids is 3. The van der Waals surface area contributed by atoms with Crippen LogP contribution in [0, 0.1) is 5.41 Å². The lowest BCUT2D eigenvalue weighted by Gasteiger charge is -2.39. The van der Waals surface area contributed by atoms with E-state index >= 15 is 0 Å². The van der Waals surface area contributed by atoms with Crippen LogP contribution in [0.2, 0.25) is 0 Å². The van der Waals surface area contributed by atoms with Crippen molar-refractivity contribution in [3.8, 4) is 0 Å². The van der Waals surface area contributed by atoms with Crippen molar-refractivity contribution in [3.05, 3.63) is 34.9 Å². The monoisotopic (exact) mass is 370 g/mol. The summed E-state index contributed by atoms with van der Waals surface area (Å²) in [5.74, 6) is -0.747. The molecule has 0 aromatic heterocycles. The van der Waals surface area contributed by atoms with Gasteiger partial charge < -0.3 is 15.5 Å². The van der Waals surface area contributed by atoms with Gasteiger partial charge in [-0.05, 0) is 42.0 Å². The number of piperidine rings is 1. The van der Waals surface area contributed by atoms with E-state index in [1.807, 2.05) is 18.2 Å². The van der Waals surface area contributed by atoms with Crippen molar-refractivity contribution in [2.45, 2.75) is 45.3 Å². The number of carbonyl (C=O) groups is 3. The molecule has 0 bridgehead atoms. The van der Waals surface area contributed by atoms with Crippen LogP contribution >= 0.6 is 0 Å². The molecule has 3 amide bonds. The summed E-state index contributed by atoms with van der Waals surface area (Å²) in [6.07, 6.45) is 1.81. The molecule has 1 aromatic carbocycles. The van der Waals surface area contributed by atoms with Crippen molar-refractivity contribution in [1.29, 1.82) is 0 Å². The molecular weight excluding hydrogens is 344 g/mol. The van der Waals surface area contributed by atoms with Crippen LogP contribution < -0.4 is 16.0 Å². The summed E-state index contributed by atoms with van der Waals surface area (Å²) in [6.45, 7) is 6.56. The molecule has 0 radical (unpaired) electrons. The molecule has 3 heterocycles. The van der Waals surface area contributed by atoms with Crippen molar-refractivity contribution in [2.75, 3.05) is 19.6 Å². The van der Waals surface area contributed by atoms with Gasteiger partial charge in [0.1, 0.15) is 6.04 Å². The first kappa shape index (κ1) is 18.1. The van der Waals surface area contributed by atoms with Crippen LogP contribution in [-0.2, 0) is 22.7 Å². The third-order valence-electron chi connectivity index (χ3n) is 5.93. The standard InChI is InChI=1S/C20H26N4O3/c1-20(11-22-12-20)6-7-21-9-13-2-3-14-10-24(19(27)15(14)8-13)16-4-5-17(25)23-18(16)26/h2-3,8,16,21-22H,4-7,9-12H2,1H3,(H,23,25,26). The number of nitrogens with one attached hydrogen (secondary N) is 3. The summed E-state index contributed by atoms with van der Waals surface area (Å²) in [5, 5.41) is 9.11. The Labute approximate surface area is 158 Å². The van der Waals surface area contributed by atoms with Crippen molar-refractivity contribution in [2.24, 2.45) is 5.41 Å². The average molecular weight is 370 g/mol. The SMILES string of the molecule is CC1(CCNCc2ccc3c(c2)C(=O)N(C2CCC(=O)NC2=O)C3)CNC1. The minimum atomic E-state index is -0.555. The number of hydrogen-bond donors (Lipinski definition) is 3. The number of hydrogen-bond acceptors (Lipinski definition) is 5. The van der Waals surface area contributed by atoms with Gasteiger partial charge in [0, 0.05) is 38.2 Å². The van der Waals surface area contributed by atoms with Crippen LogP contribution in [0.1, 0.15) is 47.7 Å². The van der Waals surface area contributed by atoms with Gasteiger partial charge in [-0.3, -0.25) is 19.7 Å². The van der Waals surface area contributed by atoms with Gasteiger partial charge in [0.25, 0.3) is 5.91 Å². The fraction of sp³-hybridized carbons (Fsp3) is 0.550. The lowest BCUT2D eigenvalue weighted by Crippen LogP contribution is -2.52. The third kappa shape index (κ3) is 3.61. The molecule has 3 N–H and O–H groups in total. The van der Waals surface area contributed by atoms with Crippen LogP contribution in [0.15, 0.2) is 18.2 Å². The summed E-state index contributed by atoms with van der Waals surface area (Å²) in [4.78, 5) is 37.9. The van der Waals surface area contributed by atoms with Crippen LogP contribution in [0.4, 0.5) is 0 Å². The van der Waals surface area contributed by atoms with Gasteiger partial charge >= 0.3 is 0 Å². The molecule has 7 heteroatoms. The number of amides is 3. The molecule has 4 rings (SSSR count). The molecule has 27 heavy (non-hydrogen) atoms. The minimum Gasteiger partial charge on any atom is -0.322 e. The summed E-state index contributed by atoms with van der Waals surface area (Å²) in [6, 6.07) is 5.40. The van der Waals surface area contributed by atoms with Gasteiger partial charge in [0.05, 0.1) is 0 Å². The highest BCUT2D eigenvalue weighted by Gasteiger charge is 2.39. The summed E-state index contributed by atoms with van der Waals surface area (Å²) in [5.41, 5.74) is 3.10. The lowest BCUT2D eigenvalue weighted by atomic mass is 9.81. The Morgan fingerprint density at radius 1 is 1.26 bits per heavy atom. The summed E-state index contributed by atoms with van der Waals surface area (Å²) < 4.78 is 0. The van der Waals surface area contributed by atoms with Crippen LogP contribution in [-0.4, -0.2) is 48.3 Å². The maximum absolute atomic E-state index is 12.8. The smallest absolute Gasteiger partial charge is 0.255 e. The Balaban J connectivity index is 1.36.